The molecular weight excluding hydrogens is 415 g/mol. The molecule has 7 nitrogen and oxygen atoms in total. The third-order valence-electron chi connectivity index (χ3n) is 4.19. The molecule has 3 aromatic rings. The standard InChI is InChI=1S/C19H17FN4O3S2/c1-10-7-15(23-27-10)22-16(25)9-28-19-21-14-8-11(2)29-17(14)18(26)24(19)13-5-3-12(20)4-6-13/h3-7,11H,8-9H2,1-2H3,(H,22,23,25). The van der Waals surface area contributed by atoms with Crippen molar-refractivity contribution < 1.29 is 13.7 Å². The normalized spacial score (nSPS) is 15.3. The smallest absolute Gasteiger partial charge is 0.272 e. The first kappa shape index (κ1) is 19.7. The molecule has 1 amide bonds. The lowest BCUT2D eigenvalue weighted by atomic mass is 10.2. The molecule has 0 fully saturated rings. The number of fused-ring (bicyclic) bond motifs is 1. The van der Waals surface area contributed by atoms with Gasteiger partial charge in [0.25, 0.3) is 5.56 Å². The number of anilines is 1. The van der Waals surface area contributed by atoms with Crippen LogP contribution in [0.4, 0.5) is 10.2 Å². The van der Waals surface area contributed by atoms with Gasteiger partial charge < -0.3 is 9.84 Å². The van der Waals surface area contributed by atoms with Crippen LogP contribution in [0.3, 0.4) is 0 Å². The molecule has 1 N–H and O–H groups in total. The maximum atomic E-state index is 13.4. The molecule has 0 aliphatic carbocycles. The van der Waals surface area contributed by atoms with Crippen LogP contribution >= 0.6 is 23.5 Å². The first-order chi connectivity index (χ1) is 13.9. The molecule has 0 radical (unpaired) electrons. The SMILES string of the molecule is Cc1cc(NC(=O)CSc2nc3c(c(=O)n2-c2ccc(F)cc2)SC(C)C3)no1. The third-order valence-corrected chi connectivity index (χ3v) is 6.35. The Morgan fingerprint density at radius 1 is 1.41 bits per heavy atom. The molecule has 1 aliphatic heterocycles. The Morgan fingerprint density at radius 2 is 2.17 bits per heavy atom. The van der Waals surface area contributed by atoms with Crippen molar-refractivity contribution in [1.82, 2.24) is 14.7 Å². The van der Waals surface area contributed by atoms with Gasteiger partial charge in [-0.05, 0) is 31.2 Å². The van der Waals surface area contributed by atoms with Crippen LogP contribution in [-0.4, -0.2) is 31.6 Å². The van der Waals surface area contributed by atoms with E-state index in [-0.39, 0.29) is 22.5 Å². The molecule has 29 heavy (non-hydrogen) atoms. The van der Waals surface area contributed by atoms with E-state index >= 15 is 0 Å². The van der Waals surface area contributed by atoms with E-state index in [1.165, 1.54) is 40.6 Å². The van der Waals surface area contributed by atoms with E-state index in [4.69, 9.17) is 4.52 Å². The highest BCUT2D eigenvalue weighted by atomic mass is 32.2. The van der Waals surface area contributed by atoms with Gasteiger partial charge in [0.05, 0.1) is 22.0 Å². The van der Waals surface area contributed by atoms with Gasteiger partial charge in [0.2, 0.25) is 5.91 Å². The number of carbonyl (C=O) groups is 1. The van der Waals surface area contributed by atoms with Gasteiger partial charge in [-0.3, -0.25) is 14.2 Å². The van der Waals surface area contributed by atoms with Gasteiger partial charge in [-0.2, -0.15) is 0 Å². The predicted octanol–water partition coefficient (Wildman–Crippen LogP) is 3.44. The highest BCUT2D eigenvalue weighted by Crippen LogP contribution is 2.34. The number of rotatable bonds is 5. The summed E-state index contributed by atoms with van der Waals surface area (Å²) in [5, 5.41) is 7.01. The maximum Gasteiger partial charge on any atom is 0.272 e. The lowest BCUT2D eigenvalue weighted by Gasteiger charge is -2.13. The predicted molar refractivity (Wildman–Crippen MR) is 109 cm³/mol. The van der Waals surface area contributed by atoms with E-state index in [9.17, 15) is 14.0 Å². The van der Waals surface area contributed by atoms with Crippen LogP contribution in [0, 0.1) is 12.7 Å². The molecule has 0 spiro atoms. The molecule has 0 saturated heterocycles. The summed E-state index contributed by atoms with van der Waals surface area (Å²) in [5.74, 6) is 0.254. The van der Waals surface area contributed by atoms with E-state index in [1.54, 1.807) is 13.0 Å². The Labute approximate surface area is 174 Å². The molecule has 0 saturated carbocycles. The molecule has 10 heteroatoms. The molecule has 0 bridgehead atoms. The Balaban J connectivity index is 1.64. The van der Waals surface area contributed by atoms with E-state index in [1.807, 2.05) is 6.92 Å². The van der Waals surface area contributed by atoms with Crippen LogP contribution < -0.4 is 10.9 Å². The molecule has 4 rings (SSSR count). The average molecular weight is 433 g/mol. The zero-order valence-electron chi connectivity index (χ0n) is 15.6. The molecule has 2 aromatic heterocycles. The fraction of sp³-hybridized carbons (Fsp3) is 0.263. The topological polar surface area (TPSA) is 90.0 Å². The van der Waals surface area contributed by atoms with E-state index in [0.717, 1.165) is 17.5 Å². The summed E-state index contributed by atoms with van der Waals surface area (Å²) in [7, 11) is 0. The zero-order valence-corrected chi connectivity index (χ0v) is 17.3. The van der Waals surface area contributed by atoms with Gasteiger partial charge in [-0.1, -0.05) is 23.8 Å². The minimum absolute atomic E-state index is 0.0288. The largest absolute Gasteiger partial charge is 0.360 e. The van der Waals surface area contributed by atoms with Crippen LogP contribution in [0.2, 0.25) is 0 Å². The Bertz CT molecular complexity index is 1130. The first-order valence-electron chi connectivity index (χ1n) is 8.85. The number of nitrogens with zero attached hydrogens (tertiary/aromatic N) is 3. The minimum Gasteiger partial charge on any atom is -0.360 e. The fourth-order valence-electron chi connectivity index (χ4n) is 2.95. The maximum absolute atomic E-state index is 13.4. The summed E-state index contributed by atoms with van der Waals surface area (Å²) in [5.41, 5.74) is 1.04. The van der Waals surface area contributed by atoms with Crippen molar-refractivity contribution in [3.8, 4) is 5.69 Å². The number of carbonyl (C=O) groups excluding carboxylic acids is 1. The summed E-state index contributed by atoms with van der Waals surface area (Å²) < 4.78 is 19.7. The Kier molecular flexibility index (Phi) is 5.46. The number of amides is 1. The van der Waals surface area contributed by atoms with Crippen molar-refractivity contribution in [2.75, 3.05) is 11.1 Å². The van der Waals surface area contributed by atoms with Crippen molar-refractivity contribution in [3.63, 3.8) is 0 Å². The third kappa shape index (κ3) is 4.23. The highest BCUT2D eigenvalue weighted by Gasteiger charge is 2.27. The summed E-state index contributed by atoms with van der Waals surface area (Å²) >= 11 is 2.63. The number of benzene rings is 1. The zero-order chi connectivity index (χ0) is 20.5. The van der Waals surface area contributed by atoms with Crippen molar-refractivity contribution in [3.05, 3.63) is 58.0 Å². The first-order valence-corrected chi connectivity index (χ1v) is 10.7. The number of aryl methyl sites for hydroxylation is 1. The summed E-state index contributed by atoms with van der Waals surface area (Å²) in [4.78, 5) is 30.6. The van der Waals surface area contributed by atoms with Crippen LogP contribution in [0.5, 0.6) is 0 Å². The lowest BCUT2D eigenvalue weighted by Crippen LogP contribution is -2.24. The van der Waals surface area contributed by atoms with Crippen LogP contribution in [0.1, 0.15) is 18.4 Å². The molecule has 1 aromatic carbocycles. The second kappa shape index (κ2) is 8.03. The van der Waals surface area contributed by atoms with E-state index in [2.05, 4.69) is 15.5 Å². The van der Waals surface area contributed by atoms with Crippen molar-refractivity contribution in [2.24, 2.45) is 0 Å². The summed E-state index contributed by atoms with van der Waals surface area (Å²) in [6.45, 7) is 3.76. The van der Waals surface area contributed by atoms with Gasteiger partial charge in [-0.15, -0.1) is 11.8 Å². The number of hydrogen-bond acceptors (Lipinski definition) is 7. The molecule has 3 heterocycles. The number of aromatic nitrogens is 3. The average Bonchev–Trinajstić information content (AvgIpc) is 3.26. The number of hydrogen-bond donors (Lipinski definition) is 1. The second-order valence-electron chi connectivity index (χ2n) is 6.58. The van der Waals surface area contributed by atoms with Gasteiger partial charge in [0.1, 0.15) is 11.6 Å². The number of thioether (sulfide) groups is 2. The second-order valence-corrected chi connectivity index (χ2v) is 8.97. The summed E-state index contributed by atoms with van der Waals surface area (Å²) in [6, 6.07) is 7.24. The highest BCUT2D eigenvalue weighted by molar-refractivity contribution is 8.00. The molecule has 1 unspecified atom stereocenters. The van der Waals surface area contributed by atoms with Crippen molar-refractivity contribution in [1.29, 1.82) is 0 Å². The quantitative estimate of drug-likeness (QED) is 0.488. The van der Waals surface area contributed by atoms with E-state index < -0.39 is 5.82 Å². The van der Waals surface area contributed by atoms with Crippen molar-refractivity contribution >= 4 is 35.2 Å². The number of halogens is 1. The van der Waals surface area contributed by atoms with Crippen LogP contribution in [0.25, 0.3) is 5.69 Å². The number of nitrogens with one attached hydrogen (secondary N) is 1. The van der Waals surface area contributed by atoms with Gasteiger partial charge in [0.15, 0.2) is 11.0 Å². The van der Waals surface area contributed by atoms with Crippen molar-refractivity contribution in [2.45, 2.75) is 35.6 Å². The Morgan fingerprint density at radius 3 is 2.86 bits per heavy atom. The monoisotopic (exact) mass is 432 g/mol. The Hall–Kier alpha value is -2.59. The fourth-order valence-corrected chi connectivity index (χ4v) is 4.87. The van der Waals surface area contributed by atoms with Gasteiger partial charge in [0, 0.05) is 17.7 Å². The van der Waals surface area contributed by atoms with Crippen LogP contribution in [-0.2, 0) is 11.2 Å². The molecule has 1 atom stereocenters. The minimum atomic E-state index is -0.393. The van der Waals surface area contributed by atoms with Crippen LogP contribution in [0.15, 0.2) is 49.7 Å². The molecular formula is C19H17FN4O3S2. The van der Waals surface area contributed by atoms with Gasteiger partial charge >= 0.3 is 0 Å². The summed E-state index contributed by atoms with van der Waals surface area (Å²) in [6.07, 6.45) is 0.692. The lowest BCUT2D eigenvalue weighted by molar-refractivity contribution is -0.113. The van der Waals surface area contributed by atoms with Gasteiger partial charge in [-0.25, -0.2) is 9.37 Å². The molecule has 150 valence electrons. The van der Waals surface area contributed by atoms with E-state index in [0.29, 0.717) is 33.7 Å². The molecule has 1 aliphatic rings.